The van der Waals surface area contributed by atoms with E-state index in [1.807, 2.05) is 65.7 Å². The molecular weight excluding hydrogens is 474 g/mol. The Morgan fingerprint density at radius 2 is 1.77 bits per heavy atom. The Balaban J connectivity index is 1.72. The number of nitrogens with one attached hydrogen (secondary N) is 1. The monoisotopic (exact) mass is 495 g/mol. The molecular formula is C24H22BrN3O2S. The first kappa shape index (κ1) is 21.3. The van der Waals surface area contributed by atoms with Gasteiger partial charge in [-0.25, -0.2) is 5.01 Å². The number of thiocarbonyl (C=S) groups is 1. The molecule has 0 unspecified atom stereocenters. The number of benzene rings is 3. The summed E-state index contributed by atoms with van der Waals surface area (Å²) in [5.74, 6) is 1.53. The van der Waals surface area contributed by atoms with E-state index in [0.717, 1.165) is 38.5 Å². The highest BCUT2D eigenvalue weighted by atomic mass is 79.9. The molecule has 0 spiro atoms. The molecule has 4 rings (SSSR count). The number of hydrazone groups is 1. The molecule has 1 heterocycles. The summed E-state index contributed by atoms with van der Waals surface area (Å²) < 4.78 is 12.1. The van der Waals surface area contributed by atoms with E-state index in [0.29, 0.717) is 11.5 Å². The highest BCUT2D eigenvalue weighted by molar-refractivity contribution is 9.10. The predicted octanol–water partition coefficient (Wildman–Crippen LogP) is 6.01. The van der Waals surface area contributed by atoms with Gasteiger partial charge in [-0.15, -0.1) is 0 Å². The summed E-state index contributed by atoms with van der Waals surface area (Å²) >= 11 is 9.26. The summed E-state index contributed by atoms with van der Waals surface area (Å²) in [6.07, 6.45) is 0.682. The van der Waals surface area contributed by atoms with Gasteiger partial charge in [0, 0.05) is 22.1 Å². The Kier molecular flexibility index (Phi) is 6.53. The summed E-state index contributed by atoms with van der Waals surface area (Å²) in [4.78, 5) is 0. The molecule has 0 saturated carbocycles. The van der Waals surface area contributed by atoms with Crippen LogP contribution in [0.25, 0.3) is 0 Å². The number of nitrogens with zero attached hydrogens (tertiary/aromatic N) is 2. The Morgan fingerprint density at radius 3 is 2.45 bits per heavy atom. The molecule has 0 fully saturated rings. The van der Waals surface area contributed by atoms with Crippen LogP contribution in [0.1, 0.15) is 23.6 Å². The number of hydrogen-bond acceptors (Lipinski definition) is 4. The molecule has 1 N–H and O–H groups in total. The Bertz CT molecular complexity index is 1100. The molecule has 158 valence electrons. The molecule has 0 aliphatic carbocycles. The fourth-order valence-electron chi connectivity index (χ4n) is 3.56. The maximum Gasteiger partial charge on any atom is 0.194 e. The second-order valence-corrected chi connectivity index (χ2v) is 8.32. The summed E-state index contributed by atoms with van der Waals surface area (Å²) in [6.45, 7) is 0. The van der Waals surface area contributed by atoms with Crippen molar-refractivity contribution in [1.82, 2.24) is 5.01 Å². The summed E-state index contributed by atoms with van der Waals surface area (Å²) in [6, 6.07) is 23.7. The van der Waals surface area contributed by atoms with Crippen molar-refractivity contribution in [3.8, 4) is 11.5 Å². The van der Waals surface area contributed by atoms with Crippen LogP contribution in [0.2, 0.25) is 0 Å². The Morgan fingerprint density at radius 1 is 1.03 bits per heavy atom. The summed E-state index contributed by atoms with van der Waals surface area (Å²) in [5.41, 5.74) is 3.89. The molecule has 1 aliphatic rings. The zero-order valence-corrected chi connectivity index (χ0v) is 19.6. The van der Waals surface area contributed by atoms with Gasteiger partial charge in [-0.2, -0.15) is 5.10 Å². The van der Waals surface area contributed by atoms with Crippen LogP contribution in [0.3, 0.4) is 0 Å². The van der Waals surface area contributed by atoms with E-state index in [-0.39, 0.29) is 6.04 Å². The third kappa shape index (κ3) is 4.73. The second kappa shape index (κ2) is 9.49. The Labute approximate surface area is 195 Å². The van der Waals surface area contributed by atoms with Crippen molar-refractivity contribution in [3.63, 3.8) is 0 Å². The van der Waals surface area contributed by atoms with Crippen LogP contribution < -0.4 is 14.8 Å². The van der Waals surface area contributed by atoms with Crippen molar-refractivity contribution in [2.45, 2.75) is 12.5 Å². The van der Waals surface area contributed by atoms with Gasteiger partial charge in [0.05, 0.1) is 26.0 Å². The first-order chi connectivity index (χ1) is 15.1. The van der Waals surface area contributed by atoms with E-state index in [2.05, 4.69) is 33.4 Å². The van der Waals surface area contributed by atoms with E-state index in [9.17, 15) is 0 Å². The van der Waals surface area contributed by atoms with Crippen molar-refractivity contribution in [1.29, 1.82) is 0 Å². The zero-order chi connectivity index (χ0) is 21.8. The first-order valence-corrected chi connectivity index (χ1v) is 11.0. The Hall–Kier alpha value is -2.90. The molecule has 0 saturated heterocycles. The third-order valence-corrected chi connectivity index (χ3v) is 5.93. The molecule has 3 aromatic rings. The molecule has 0 amide bonds. The van der Waals surface area contributed by atoms with E-state index in [1.165, 1.54) is 0 Å². The minimum Gasteiger partial charge on any atom is -0.497 e. The van der Waals surface area contributed by atoms with E-state index >= 15 is 0 Å². The lowest BCUT2D eigenvalue weighted by atomic mass is 9.97. The lowest BCUT2D eigenvalue weighted by Gasteiger charge is -2.26. The van der Waals surface area contributed by atoms with Crippen molar-refractivity contribution >= 4 is 44.7 Å². The maximum atomic E-state index is 5.77. The average Bonchev–Trinajstić information content (AvgIpc) is 3.25. The smallest absolute Gasteiger partial charge is 0.194 e. The van der Waals surface area contributed by atoms with Crippen LogP contribution in [0.4, 0.5) is 5.69 Å². The molecule has 31 heavy (non-hydrogen) atoms. The molecule has 7 heteroatoms. The highest BCUT2D eigenvalue weighted by Gasteiger charge is 2.33. The van der Waals surface area contributed by atoms with E-state index in [1.54, 1.807) is 14.2 Å². The average molecular weight is 496 g/mol. The van der Waals surface area contributed by atoms with Crippen molar-refractivity contribution in [2.75, 3.05) is 19.5 Å². The van der Waals surface area contributed by atoms with Crippen LogP contribution in [0, 0.1) is 0 Å². The van der Waals surface area contributed by atoms with Gasteiger partial charge in [0.25, 0.3) is 0 Å². The number of anilines is 1. The molecule has 5 nitrogen and oxygen atoms in total. The lowest BCUT2D eigenvalue weighted by molar-refractivity contribution is 0.346. The van der Waals surface area contributed by atoms with Crippen molar-refractivity contribution < 1.29 is 9.47 Å². The largest absolute Gasteiger partial charge is 0.497 e. The zero-order valence-electron chi connectivity index (χ0n) is 17.2. The number of hydrogen-bond donors (Lipinski definition) is 1. The van der Waals surface area contributed by atoms with Crippen molar-refractivity contribution in [3.05, 3.63) is 88.4 Å². The molecule has 0 bridgehead atoms. The van der Waals surface area contributed by atoms with Crippen LogP contribution in [0.15, 0.2) is 82.4 Å². The number of rotatable bonds is 5. The minimum atomic E-state index is -0.132. The topological polar surface area (TPSA) is 46.1 Å². The van der Waals surface area contributed by atoms with Gasteiger partial charge in [-0.05, 0) is 60.2 Å². The quantitative estimate of drug-likeness (QED) is 0.438. The normalized spacial score (nSPS) is 15.4. The SMILES string of the molecule is COc1ccc(OC)c([C@@H]2CC(c3ccc(Br)cc3)=NN2C(=S)Nc2ccccc2)c1. The number of halogens is 1. The minimum absolute atomic E-state index is 0.132. The molecule has 3 aromatic carbocycles. The van der Waals surface area contributed by atoms with E-state index in [4.69, 9.17) is 26.8 Å². The van der Waals surface area contributed by atoms with Gasteiger partial charge in [0.15, 0.2) is 5.11 Å². The molecule has 1 atom stereocenters. The number of ether oxygens (including phenoxy) is 2. The molecule has 0 radical (unpaired) electrons. The van der Waals surface area contributed by atoms with Gasteiger partial charge >= 0.3 is 0 Å². The van der Waals surface area contributed by atoms with Gasteiger partial charge < -0.3 is 14.8 Å². The lowest BCUT2D eigenvalue weighted by Crippen LogP contribution is -2.31. The highest BCUT2D eigenvalue weighted by Crippen LogP contribution is 2.39. The molecule has 0 aromatic heterocycles. The van der Waals surface area contributed by atoms with Crippen LogP contribution in [0.5, 0.6) is 11.5 Å². The third-order valence-electron chi connectivity index (χ3n) is 5.12. The maximum absolute atomic E-state index is 5.77. The standard InChI is InChI=1S/C24H22BrN3O2S/c1-29-19-12-13-23(30-2)20(14-19)22-15-21(16-8-10-17(25)11-9-16)27-28(22)24(31)26-18-6-4-3-5-7-18/h3-14,22H,15H2,1-2H3,(H,26,31)/t22-/m0/s1. The van der Waals surface area contributed by atoms with Gasteiger partial charge in [0.2, 0.25) is 0 Å². The van der Waals surface area contributed by atoms with E-state index < -0.39 is 0 Å². The fraction of sp³-hybridized carbons (Fsp3) is 0.167. The molecule has 1 aliphatic heterocycles. The first-order valence-electron chi connectivity index (χ1n) is 9.79. The van der Waals surface area contributed by atoms with Crippen LogP contribution in [-0.2, 0) is 0 Å². The van der Waals surface area contributed by atoms with Crippen LogP contribution in [-0.4, -0.2) is 30.1 Å². The summed E-state index contributed by atoms with van der Waals surface area (Å²) in [5, 5.41) is 10.6. The van der Waals surface area contributed by atoms with Gasteiger partial charge in [0.1, 0.15) is 11.5 Å². The van der Waals surface area contributed by atoms with Gasteiger partial charge in [-0.1, -0.05) is 46.3 Å². The fourth-order valence-corrected chi connectivity index (χ4v) is 4.11. The van der Waals surface area contributed by atoms with Crippen LogP contribution >= 0.6 is 28.1 Å². The predicted molar refractivity (Wildman–Crippen MR) is 132 cm³/mol. The number of para-hydroxylation sites is 1. The van der Waals surface area contributed by atoms with Gasteiger partial charge in [-0.3, -0.25) is 0 Å². The summed E-state index contributed by atoms with van der Waals surface area (Å²) in [7, 11) is 3.32. The van der Waals surface area contributed by atoms with Crippen molar-refractivity contribution in [2.24, 2.45) is 5.10 Å². The second-order valence-electron chi connectivity index (χ2n) is 7.02. The number of methoxy groups -OCH3 is 2.